The lowest BCUT2D eigenvalue weighted by atomic mass is 10.5. The number of aromatic nitrogens is 3. The molecular formula is C7H9N5. The van der Waals surface area contributed by atoms with Crippen molar-refractivity contribution in [3.05, 3.63) is 24.3 Å². The Morgan fingerprint density at radius 2 is 2.50 bits per heavy atom. The van der Waals surface area contributed by atoms with Crippen LogP contribution in [0.3, 0.4) is 0 Å². The quantitative estimate of drug-likeness (QED) is 0.618. The van der Waals surface area contributed by atoms with Gasteiger partial charge in [0.05, 0.1) is 6.54 Å². The summed E-state index contributed by atoms with van der Waals surface area (Å²) in [5.74, 6) is 0.191. The average molecular weight is 163 g/mol. The molecule has 0 aliphatic rings. The molecule has 62 valence electrons. The van der Waals surface area contributed by atoms with E-state index >= 15 is 0 Å². The van der Waals surface area contributed by atoms with Crippen LogP contribution in [0, 0.1) is 11.3 Å². The molecule has 0 spiro atoms. The van der Waals surface area contributed by atoms with Gasteiger partial charge in [-0.15, -0.1) is 5.10 Å². The van der Waals surface area contributed by atoms with Gasteiger partial charge < -0.3 is 5.73 Å². The van der Waals surface area contributed by atoms with Crippen molar-refractivity contribution in [3.8, 4) is 6.07 Å². The summed E-state index contributed by atoms with van der Waals surface area (Å²) in [4.78, 5) is 3.74. The first-order chi connectivity index (χ1) is 5.86. The van der Waals surface area contributed by atoms with Gasteiger partial charge in [-0.3, -0.25) is 0 Å². The summed E-state index contributed by atoms with van der Waals surface area (Å²) >= 11 is 0. The molecule has 0 bridgehead atoms. The minimum Gasteiger partial charge on any atom is -0.327 e. The Kier molecular flexibility index (Phi) is 2.99. The summed E-state index contributed by atoms with van der Waals surface area (Å²) in [6.45, 7) is 1.12. The second-order valence-corrected chi connectivity index (χ2v) is 2.11. The molecule has 0 unspecified atom stereocenters. The van der Waals surface area contributed by atoms with Crippen LogP contribution < -0.4 is 5.73 Å². The number of nitrogens with two attached hydrogens (primary N) is 1. The van der Waals surface area contributed by atoms with Gasteiger partial charge in [-0.25, -0.2) is 9.67 Å². The number of nitriles is 1. The third-order valence-electron chi connectivity index (χ3n) is 1.23. The summed E-state index contributed by atoms with van der Waals surface area (Å²) in [5, 5.41) is 12.2. The maximum atomic E-state index is 8.40. The molecule has 1 rings (SSSR count). The average Bonchev–Trinajstić information content (AvgIpc) is 2.53. The molecule has 5 heteroatoms. The molecule has 1 aromatic heterocycles. The van der Waals surface area contributed by atoms with Gasteiger partial charge in [0.2, 0.25) is 0 Å². The highest BCUT2D eigenvalue weighted by Crippen LogP contribution is 1.87. The van der Waals surface area contributed by atoms with Crippen molar-refractivity contribution in [3.63, 3.8) is 0 Å². The van der Waals surface area contributed by atoms with Crippen LogP contribution in [-0.2, 0) is 6.54 Å². The molecule has 1 heterocycles. The smallest absolute Gasteiger partial charge is 0.252 e. The van der Waals surface area contributed by atoms with E-state index in [4.69, 9.17) is 11.0 Å². The zero-order chi connectivity index (χ0) is 8.81. The number of hydrogen-bond acceptors (Lipinski definition) is 4. The largest absolute Gasteiger partial charge is 0.327 e. The molecule has 2 N–H and O–H groups in total. The molecule has 0 atom stereocenters. The van der Waals surface area contributed by atoms with E-state index in [9.17, 15) is 0 Å². The standard InChI is InChI=1S/C7H9N5/c8-3-1-2-4-12-6-10-7(5-9)11-12/h1-2,6H,3-4,8H2/b2-1+. The maximum Gasteiger partial charge on any atom is 0.252 e. The lowest BCUT2D eigenvalue weighted by Crippen LogP contribution is -1.98. The van der Waals surface area contributed by atoms with E-state index in [2.05, 4.69) is 10.1 Å². The van der Waals surface area contributed by atoms with Crippen molar-refractivity contribution >= 4 is 0 Å². The number of hydrogen-bond donors (Lipinski definition) is 1. The predicted molar refractivity (Wildman–Crippen MR) is 42.9 cm³/mol. The topological polar surface area (TPSA) is 80.5 Å². The first-order valence-corrected chi connectivity index (χ1v) is 3.51. The molecule has 0 aromatic carbocycles. The maximum absolute atomic E-state index is 8.40. The van der Waals surface area contributed by atoms with Gasteiger partial charge in [-0.2, -0.15) is 5.26 Å². The van der Waals surface area contributed by atoms with Crippen LogP contribution in [0.1, 0.15) is 5.82 Å². The SMILES string of the molecule is N#Cc1ncn(C/C=C/CN)n1. The van der Waals surface area contributed by atoms with E-state index in [0.29, 0.717) is 13.1 Å². The molecule has 0 aliphatic heterocycles. The fourth-order valence-corrected chi connectivity index (χ4v) is 0.713. The Hall–Kier alpha value is -1.67. The normalized spacial score (nSPS) is 10.3. The molecule has 12 heavy (non-hydrogen) atoms. The van der Waals surface area contributed by atoms with Crippen molar-refractivity contribution in [2.75, 3.05) is 6.54 Å². The van der Waals surface area contributed by atoms with E-state index in [0.717, 1.165) is 0 Å². The minimum atomic E-state index is 0.191. The lowest BCUT2D eigenvalue weighted by Gasteiger charge is -1.90. The highest BCUT2D eigenvalue weighted by molar-refractivity contribution is 5.05. The Morgan fingerprint density at radius 1 is 1.67 bits per heavy atom. The van der Waals surface area contributed by atoms with Gasteiger partial charge >= 0.3 is 0 Å². The van der Waals surface area contributed by atoms with Crippen LogP contribution in [0.15, 0.2) is 18.5 Å². The third kappa shape index (κ3) is 2.18. The molecule has 0 amide bonds. The molecule has 0 saturated heterocycles. The van der Waals surface area contributed by atoms with E-state index in [1.54, 1.807) is 4.68 Å². The van der Waals surface area contributed by atoms with Gasteiger partial charge in [-0.1, -0.05) is 12.2 Å². The Labute approximate surface area is 70.1 Å². The zero-order valence-corrected chi connectivity index (χ0v) is 6.51. The predicted octanol–water partition coefficient (Wildman–Crippen LogP) is -0.335. The van der Waals surface area contributed by atoms with Gasteiger partial charge in [-0.05, 0) is 0 Å². The molecule has 0 aliphatic carbocycles. The fourth-order valence-electron chi connectivity index (χ4n) is 0.713. The van der Waals surface area contributed by atoms with Gasteiger partial charge in [0, 0.05) is 6.54 Å². The highest BCUT2D eigenvalue weighted by atomic mass is 15.3. The summed E-state index contributed by atoms with van der Waals surface area (Å²) in [5.41, 5.74) is 5.24. The summed E-state index contributed by atoms with van der Waals surface area (Å²) in [6, 6.07) is 1.85. The Bertz CT molecular complexity index is 306. The molecule has 0 radical (unpaired) electrons. The second-order valence-electron chi connectivity index (χ2n) is 2.11. The minimum absolute atomic E-state index is 0.191. The van der Waals surface area contributed by atoms with Gasteiger partial charge in [0.15, 0.2) is 0 Å². The van der Waals surface area contributed by atoms with Crippen molar-refractivity contribution in [2.24, 2.45) is 5.73 Å². The van der Waals surface area contributed by atoms with E-state index in [1.807, 2.05) is 18.2 Å². The monoisotopic (exact) mass is 163 g/mol. The number of rotatable bonds is 3. The van der Waals surface area contributed by atoms with Crippen LogP contribution in [0.5, 0.6) is 0 Å². The van der Waals surface area contributed by atoms with Crippen LogP contribution in [-0.4, -0.2) is 21.3 Å². The van der Waals surface area contributed by atoms with Crippen LogP contribution in [0.25, 0.3) is 0 Å². The Balaban J connectivity index is 2.54. The second kappa shape index (κ2) is 4.26. The molecule has 0 saturated carbocycles. The first kappa shape index (κ1) is 8.43. The molecule has 0 fully saturated rings. The van der Waals surface area contributed by atoms with Crippen LogP contribution in [0.2, 0.25) is 0 Å². The summed E-state index contributed by atoms with van der Waals surface area (Å²) in [7, 11) is 0. The van der Waals surface area contributed by atoms with Crippen molar-refractivity contribution < 1.29 is 0 Å². The molecule has 1 aromatic rings. The summed E-state index contributed by atoms with van der Waals surface area (Å²) in [6.07, 6.45) is 5.21. The third-order valence-corrected chi connectivity index (χ3v) is 1.23. The lowest BCUT2D eigenvalue weighted by molar-refractivity contribution is 0.696. The number of allylic oxidation sites excluding steroid dienone is 1. The van der Waals surface area contributed by atoms with E-state index < -0.39 is 0 Å². The highest BCUT2D eigenvalue weighted by Gasteiger charge is 1.94. The van der Waals surface area contributed by atoms with Crippen LogP contribution >= 0.6 is 0 Å². The first-order valence-electron chi connectivity index (χ1n) is 3.51. The zero-order valence-electron chi connectivity index (χ0n) is 6.51. The van der Waals surface area contributed by atoms with Gasteiger partial charge in [0.1, 0.15) is 12.4 Å². The van der Waals surface area contributed by atoms with Crippen LogP contribution in [0.4, 0.5) is 0 Å². The van der Waals surface area contributed by atoms with E-state index in [1.165, 1.54) is 6.33 Å². The molecular weight excluding hydrogens is 154 g/mol. The fraction of sp³-hybridized carbons (Fsp3) is 0.286. The van der Waals surface area contributed by atoms with E-state index in [-0.39, 0.29) is 5.82 Å². The summed E-state index contributed by atoms with van der Waals surface area (Å²) < 4.78 is 1.57. The number of nitrogens with zero attached hydrogens (tertiary/aromatic N) is 4. The van der Waals surface area contributed by atoms with Crippen molar-refractivity contribution in [1.82, 2.24) is 14.8 Å². The van der Waals surface area contributed by atoms with Crippen molar-refractivity contribution in [2.45, 2.75) is 6.54 Å². The Morgan fingerprint density at radius 3 is 3.08 bits per heavy atom. The van der Waals surface area contributed by atoms with Gasteiger partial charge in [0.25, 0.3) is 5.82 Å². The van der Waals surface area contributed by atoms with Crippen molar-refractivity contribution in [1.29, 1.82) is 5.26 Å². The molecule has 5 nitrogen and oxygen atoms in total.